The highest BCUT2D eigenvalue weighted by Crippen LogP contribution is 1.81. The molecule has 0 saturated carbocycles. The molecule has 3 heteroatoms. The van der Waals surface area contributed by atoms with Gasteiger partial charge in [0, 0.05) is 6.92 Å². The molecule has 1 radical (unpaired) electrons. The molecular weight excluding hydrogens is 108 g/mol. The Kier molecular flexibility index (Phi) is 2.84. The fraction of sp³-hybridized carbons (Fsp3) is 0.400. The highest BCUT2D eigenvalue weighted by Gasteiger charge is 1.99. The molecule has 0 saturated heterocycles. The highest BCUT2D eigenvalue weighted by molar-refractivity contribution is 5.88. The highest BCUT2D eigenvalue weighted by atomic mass is 16.6. The van der Waals surface area contributed by atoms with Crippen LogP contribution in [0.25, 0.3) is 0 Å². The van der Waals surface area contributed by atoms with E-state index in [4.69, 9.17) is 0 Å². The van der Waals surface area contributed by atoms with Crippen LogP contribution in [-0.4, -0.2) is 11.9 Å². The summed E-state index contributed by atoms with van der Waals surface area (Å²) in [6, 6.07) is 0. The predicted molar refractivity (Wildman–Crippen MR) is 26.7 cm³/mol. The number of ether oxygens (including phenoxy) is 1. The lowest BCUT2D eigenvalue weighted by atomic mass is 10.5. The van der Waals surface area contributed by atoms with E-state index in [0.717, 1.165) is 0 Å². The maximum atomic E-state index is 10.1. The molecule has 0 amide bonds. The zero-order valence-electron chi connectivity index (χ0n) is 4.80. The van der Waals surface area contributed by atoms with E-state index < -0.39 is 11.9 Å². The van der Waals surface area contributed by atoms with Crippen molar-refractivity contribution in [3.8, 4) is 0 Å². The average Bonchev–Trinajstić information content (AvgIpc) is 1.65. The van der Waals surface area contributed by atoms with Gasteiger partial charge in [-0.3, -0.25) is 9.59 Å². The molecule has 0 atom stereocenters. The second kappa shape index (κ2) is 3.18. The van der Waals surface area contributed by atoms with Gasteiger partial charge in [-0.05, 0) is 0 Å². The minimum absolute atomic E-state index is 0.576. The third-order valence-corrected chi connectivity index (χ3v) is 0.480. The molecule has 0 aliphatic carbocycles. The quantitative estimate of drug-likeness (QED) is 0.364. The van der Waals surface area contributed by atoms with Crippen LogP contribution in [-0.2, 0) is 14.3 Å². The van der Waals surface area contributed by atoms with Gasteiger partial charge in [-0.25, -0.2) is 0 Å². The molecule has 0 heterocycles. The maximum Gasteiger partial charge on any atom is 0.317 e. The fourth-order valence-electron chi connectivity index (χ4n) is 0.201. The number of hydrogen-bond donors (Lipinski definition) is 0. The van der Waals surface area contributed by atoms with Crippen molar-refractivity contribution in [2.45, 2.75) is 13.8 Å². The summed E-state index contributed by atoms with van der Waals surface area (Å²) in [6.07, 6.45) is 1.18. The van der Waals surface area contributed by atoms with Gasteiger partial charge in [0.25, 0.3) is 0 Å². The summed E-state index contributed by atoms with van der Waals surface area (Å²) in [5, 5.41) is 0. The van der Waals surface area contributed by atoms with E-state index in [1.54, 1.807) is 0 Å². The molecule has 45 valence electrons. The molecule has 0 aromatic carbocycles. The first-order chi connectivity index (χ1) is 3.66. The Balaban J connectivity index is 3.40. The SMILES string of the molecule is C[CH]C(=O)OC(C)=O. The van der Waals surface area contributed by atoms with Crippen molar-refractivity contribution >= 4 is 11.9 Å². The zero-order chi connectivity index (χ0) is 6.57. The van der Waals surface area contributed by atoms with Gasteiger partial charge in [-0.2, -0.15) is 0 Å². The predicted octanol–water partition coefficient (Wildman–Crippen LogP) is 0.300. The van der Waals surface area contributed by atoms with Crippen LogP contribution in [0.15, 0.2) is 0 Å². The molecule has 0 N–H and O–H groups in total. The number of rotatable bonds is 1. The van der Waals surface area contributed by atoms with E-state index >= 15 is 0 Å². The van der Waals surface area contributed by atoms with E-state index in [1.807, 2.05) is 0 Å². The number of esters is 2. The standard InChI is InChI=1S/C5H7O3/c1-3-5(7)8-4(2)6/h3H,1-2H3. The Bertz CT molecular complexity index is 106. The molecule has 0 bridgehead atoms. The molecule has 8 heavy (non-hydrogen) atoms. The van der Waals surface area contributed by atoms with Gasteiger partial charge in [0.05, 0.1) is 6.42 Å². The molecule has 0 unspecified atom stereocenters. The van der Waals surface area contributed by atoms with Crippen LogP contribution in [0, 0.1) is 6.42 Å². The van der Waals surface area contributed by atoms with E-state index in [0.29, 0.717) is 0 Å². The van der Waals surface area contributed by atoms with Crippen molar-refractivity contribution < 1.29 is 14.3 Å². The Morgan fingerprint density at radius 1 is 1.50 bits per heavy atom. The minimum atomic E-state index is -0.600. The van der Waals surface area contributed by atoms with E-state index in [-0.39, 0.29) is 0 Å². The van der Waals surface area contributed by atoms with Crippen molar-refractivity contribution in [1.82, 2.24) is 0 Å². The average molecular weight is 115 g/mol. The van der Waals surface area contributed by atoms with E-state index in [2.05, 4.69) is 4.74 Å². The third kappa shape index (κ3) is 3.33. The molecule has 0 aliphatic heterocycles. The van der Waals surface area contributed by atoms with Crippen molar-refractivity contribution in [1.29, 1.82) is 0 Å². The monoisotopic (exact) mass is 115 g/mol. The van der Waals surface area contributed by atoms with Crippen LogP contribution < -0.4 is 0 Å². The van der Waals surface area contributed by atoms with Gasteiger partial charge >= 0.3 is 11.9 Å². The first-order valence-electron chi connectivity index (χ1n) is 2.18. The minimum Gasteiger partial charge on any atom is -0.393 e. The van der Waals surface area contributed by atoms with Crippen molar-refractivity contribution in [2.24, 2.45) is 0 Å². The first-order valence-corrected chi connectivity index (χ1v) is 2.18. The number of carbonyl (C=O) groups excluding carboxylic acids is 2. The topological polar surface area (TPSA) is 43.4 Å². The Morgan fingerprint density at radius 2 is 2.00 bits per heavy atom. The number of carbonyl (C=O) groups is 2. The second-order valence-electron chi connectivity index (χ2n) is 1.20. The van der Waals surface area contributed by atoms with Crippen molar-refractivity contribution in [3.05, 3.63) is 6.42 Å². The van der Waals surface area contributed by atoms with Gasteiger partial charge in [0.2, 0.25) is 0 Å². The van der Waals surface area contributed by atoms with Gasteiger partial charge in [-0.15, -0.1) is 0 Å². The third-order valence-electron chi connectivity index (χ3n) is 0.480. The van der Waals surface area contributed by atoms with Crippen molar-refractivity contribution in [2.75, 3.05) is 0 Å². The Labute approximate surface area is 47.6 Å². The molecule has 0 aromatic rings. The van der Waals surface area contributed by atoms with Gasteiger partial charge < -0.3 is 4.74 Å². The van der Waals surface area contributed by atoms with E-state index in [9.17, 15) is 9.59 Å². The Morgan fingerprint density at radius 3 is 2.12 bits per heavy atom. The summed E-state index contributed by atoms with van der Waals surface area (Å²) < 4.78 is 4.07. The zero-order valence-corrected chi connectivity index (χ0v) is 4.80. The summed E-state index contributed by atoms with van der Waals surface area (Å²) in [5.41, 5.74) is 0. The van der Waals surface area contributed by atoms with Gasteiger partial charge in [-0.1, -0.05) is 6.92 Å². The summed E-state index contributed by atoms with van der Waals surface area (Å²) in [6.45, 7) is 2.69. The summed E-state index contributed by atoms with van der Waals surface area (Å²) in [4.78, 5) is 20.1. The van der Waals surface area contributed by atoms with Crippen LogP contribution in [0.3, 0.4) is 0 Å². The van der Waals surface area contributed by atoms with Crippen LogP contribution in [0.4, 0.5) is 0 Å². The number of hydrogen-bond acceptors (Lipinski definition) is 3. The molecule has 0 aromatic heterocycles. The molecule has 0 fully saturated rings. The molecule has 0 rings (SSSR count). The molecule has 0 spiro atoms. The lowest BCUT2D eigenvalue weighted by Crippen LogP contribution is -2.07. The second-order valence-corrected chi connectivity index (χ2v) is 1.20. The lowest BCUT2D eigenvalue weighted by Gasteiger charge is -1.91. The van der Waals surface area contributed by atoms with Crippen LogP contribution in [0.2, 0.25) is 0 Å². The summed E-state index contributed by atoms with van der Waals surface area (Å²) in [7, 11) is 0. The van der Waals surface area contributed by atoms with Crippen LogP contribution in [0.5, 0.6) is 0 Å². The van der Waals surface area contributed by atoms with Gasteiger partial charge in [0.1, 0.15) is 0 Å². The first kappa shape index (κ1) is 7.14. The van der Waals surface area contributed by atoms with E-state index in [1.165, 1.54) is 20.3 Å². The lowest BCUT2D eigenvalue weighted by molar-refractivity contribution is -0.155. The molecule has 3 nitrogen and oxygen atoms in total. The van der Waals surface area contributed by atoms with Crippen molar-refractivity contribution in [3.63, 3.8) is 0 Å². The smallest absolute Gasteiger partial charge is 0.317 e. The maximum absolute atomic E-state index is 10.1. The molecule has 0 aliphatic rings. The fourth-order valence-corrected chi connectivity index (χ4v) is 0.201. The molecular formula is C5H7O3. The normalized spacial score (nSPS) is 8.25. The Hall–Kier alpha value is -0.860. The van der Waals surface area contributed by atoms with Gasteiger partial charge in [0.15, 0.2) is 0 Å². The largest absolute Gasteiger partial charge is 0.393 e. The van der Waals surface area contributed by atoms with Crippen LogP contribution >= 0.6 is 0 Å². The summed E-state index contributed by atoms with van der Waals surface area (Å²) in [5.74, 6) is -1.18. The summed E-state index contributed by atoms with van der Waals surface area (Å²) >= 11 is 0. The van der Waals surface area contributed by atoms with Crippen LogP contribution in [0.1, 0.15) is 13.8 Å².